The van der Waals surface area contributed by atoms with Crippen molar-refractivity contribution < 1.29 is 132 Å². The van der Waals surface area contributed by atoms with Crippen LogP contribution in [0.2, 0.25) is 0 Å². The smallest absolute Gasteiger partial charge is 0.763 e. The minimum absolute atomic E-state index is 0. The van der Waals surface area contributed by atoms with Gasteiger partial charge >= 0.3 is 97.8 Å². The Bertz CT molecular complexity index is 374. The summed E-state index contributed by atoms with van der Waals surface area (Å²) in [6, 6.07) is 0. The maximum atomic E-state index is 9.31. The minimum Gasteiger partial charge on any atom is -0.763 e. The first-order valence-corrected chi connectivity index (χ1v) is 8.05. The van der Waals surface area contributed by atoms with Crippen molar-refractivity contribution in [3.63, 3.8) is 0 Å². The van der Waals surface area contributed by atoms with Crippen molar-refractivity contribution in [1.82, 2.24) is 0 Å². The molecule has 0 spiro atoms. The van der Waals surface area contributed by atoms with Crippen LogP contribution in [0.15, 0.2) is 0 Å². The predicted octanol–water partition coefficient (Wildman–Crippen LogP) is -12.0. The van der Waals surface area contributed by atoms with Crippen molar-refractivity contribution in [1.29, 1.82) is 0 Å². The van der Waals surface area contributed by atoms with Crippen molar-refractivity contribution in [3.05, 3.63) is 0 Å². The van der Waals surface area contributed by atoms with Gasteiger partial charge in [0, 0.05) is 20.2 Å². The average molecular weight is 358 g/mol. The Labute approximate surface area is 167 Å². The number of hydrogen-bond acceptors (Lipinski definition) is 9. The van der Waals surface area contributed by atoms with Gasteiger partial charge in [-0.1, -0.05) is 0 Å². The van der Waals surface area contributed by atoms with Gasteiger partial charge in [-0.15, -0.1) is 0 Å². The molecule has 2 atom stereocenters. The van der Waals surface area contributed by atoms with Gasteiger partial charge in [0.05, 0.1) is 0 Å². The first-order chi connectivity index (χ1) is 5.89. The Morgan fingerprint density at radius 1 is 0.824 bits per heavy atom. The molecule has 0 radical (unpaired) electrons. The van der Waals surface area contributed by atoms with Gasteiger partial charge in [-0.2, -0.15) is 8.42 Å². The molecule has 0 aromatic rings. The van der Waals surface area contributed by atoms with Crippen molar-refractivity contribution in [2.45, 2.75) is 0 Å². The fourth-order valence-electron chi connectivity index (χ4n) is 0. The molecule has 1 N–H and O–H groups in total. The van der Waals surface area contributed by atoms with Crippen LogP contribution < -0.4 is 88.7 Å². The van der Waals surface area contributed by atoms with Crippen LogP contribution in [0.4, 0.5) is 0 Å². The molecule has 0 fully saturated rings. The molecular weight excluding hydrogens is 357 g/mol. The topological polar surface area (TPSA) is 192 Å². The van der Waals surface area contributed by atoms with Gasteiger partial charge in [0.2, 0.25) is 9.15 Å². The summed E-state index contributed by atoms with van der Waals surface area (Å²) in [6.45, 7) is 0. The van der Waals surface area contributed by atoms with Gasteiger partial charge in [0.25, 0.3) is 0 Å². The van der Waals surface area contributed by atoms with Gasteiger partial charge in [0.15, 0.2) is 0 Å². The summed E-state index contributed by atoms with van der Waals surface area (Å²) in [5, 5.41) is 0. The molecule has 10 nitrogen and oxygen atoms in total. The molecule has 0 aromatic carbocycles. The van der Waals surface area contributed by atoms with E-state index in [1.54, 1.807) is 0 Å². The first kappa shape index (κ1) is 32.1. The van der Waals surface area contributed by atoms with Crippen LogP contribution in [-0.4, -0.2) is 43.5 Å². The van der Waals surface area contributed by atoms with E-state index in [0.29, 0.717) is 0 Å². The summed E-state index contributed by atoms with van der Waals surface area (Å²) in [5.41, 5.74) is 0. The van der Waals surface area contributed by atoms with Crippen LogP contribution in [0.1, 0.15) is 0 Å². The van der Waals surface area contributed by atoms with Gasteiger partial charge in [-0.25, -0.2) is 8.42 Å². The molecule has 0 amide bonds. The molecule has 0 heterocycles. The fraction of sp³-hybridized carbons (Fsp3) is 0. The second-order valence-corrected chi connectivity index (χ2v) is 7.85. The molecule has 2 unspecified atom stereocenters. The van der Waals surface area contributed by atoms with Crippen LogP contribution in [0, 0.1) is 0 Å². The van der Waals surface area contributed by atoms with Crippen molar-refractivity contribution in [3.8, 4) is 0 Å². The van der Waals surface area contributed by atoms with Gasteiger partial charge < -0.3 is 13.7 Å². The molecule has 17 heavy (non-hydrogen) atoms. The van der Waals surface area contributed by atoms with E-state index >= 15 is 0 Å². The molecule has 0 aliphatic carbocycles. The Hall–Kier alpha value is 3.04. The zero-order chi connectivity index (χ0) is 12.2. The van der Waals surface area contributed by atoms with E-state index in [-0.39, 0.29) is 88.7 Å². The van der Waals surface area contributed by atoms with E-state index in [1.165, 1.54) is 0 Å². The SMILES string of the molecule is O=S(=O)([O-])S(=O)(=O)O.O=S([O-])S(=O)[O-].[Na+].[Na+].[Na+]. The zero-order valence-corrected chi connectivity index (χ0v) is 18.0. The van der Waals surface area contributed by atoms with Crippen LogP contribution in [0.3, 0.4) is 0 Å². The van der Waals surface area contributed by atoms with Crippen molar-refractivity contribution in [2.24, 2.45) is 0 Å². The van der Waals surface area contributed by atoms with Gasteiger partial charge in [-0.05, 0) is 0 Å². The summed E-state index contributed by atoms with van der Waals surface area (Å²) < 4.78 is 90.2. The molecule has 0 saturated carbocycles. The maximum Gasteiger partial charge on any atom is 1.00 e. The third-order valence-electron chi connectivity index (χ3n) is 0.369. The van der Waals surface area contributed by atoms with Crippen LogP contribution in [0.25, 0.3) is 0 Å². The molecule has 0 aromatic heterocycles. The van der Waals surface area contributed by atoms with Crippen LogP contribution in [-0.2, 0) is 38.5 Å². The van der Waals surface area contributed by atoms with Crippen LogP contribution in [0.5, 0.6) is 0 Å². The third kappa shape index (κ3) is 21.5. The predicted molar refractivity (Wildman–Crippen MR) is 39.1 cm³/mol. The Balaban J connectivity index is -0.0000000493. The minimum atomic E-state index is -5.56. The monoisotopic (exact) mass is 358 g/mol. The quantitative estimate of drug-likeness (QED) is 0.214. The van der Waals surface area contributed by atoms with Crippen LogP contribution >= 0.6 is 0 Å². The average Bonchev–Trinajstić information content (AvgIpc) is 1.83. The maximum absolute atomic E-state index is 9.31. The summed E-state index contributed by atoms with van der Waals surface area (Å²) in [6.07, 6.45) is 0. The summed E-state index contributed by atoms with van der Waals surface area (Å²) in [5.74, 6) is 0. The zero-order valence-electron chi connectivity index (χ0n) is 8.75. The largest absolute Gasteiger partial charge is 1.00 e. The Kier molecular flexibility index (Phi) is 26.4. The third-order valence-corrected chi connectivity index (χ3v) is 3.32. The molecule has 0 saturated heterocycles. The van der Waals surface area contributed by atoms with E-state index in [9.17, 15) is 21.4 Å². The molecular formula is HNa3O10S4. The Morgan fingerprint density at radius 2 is 0.941 bits per heavy atom. The normalized spacial score (nSPS) is 13.4. The molecule has 17 heteroatoms. The van der Waals surface area contributed by atoms with Crippen molar-refractivity contribution in [2.75, 3.05) is 0 Å². The van der Waals surface area contributed by atoms with Gasteiger partial charge in [0.1, 0.15) is 0 Å². The molecule has 0 aliphatic heterocycles. The molecule has 0 rings (SSSR count). The summed E-state index contributed by atoms with van der Waals surface area (Å²) in [7, 11) is -16.9. The standard InChI is InChI=1S/3Na.H2O6S2.H2O4S2/c;;;1-7(2,3)8(4,5)6;1-5(2)6(3)4/h;;;(H,1,2,3)(H,4,5,6);(H,1,2)(H,3,4)/q3*+1;;/p-3. The van der Waals surface area contributed by atoms with E-state index in [2.05, 4.69) is 0 Å². The van der Waals surface area contributed by atoms with E-state index in [0.717, 1.165) is 0 Å². The molecule has 88 valence electrons. The Morgan fingerprint density at radius 3 is 0.941 bits per heavy atom. The fourth-order valence-corrected chi connectivity index (χ4v) is 0. The number of rotatable bonds is 2. The molecule has 0 aliphatic rings. The second-order valence-electron chi connectivity index (χ2n) is 1.24. The van der Waals surface area contributed by atoms with Crippen molar-refractivity contribution >= 4 is 38.5 Å². The second kappa shape index (κ2) is 14.0. The van der Waals surface area contributed by atoms with E-state index in [1.807, 2.05) is 0 Å². The van der Waals surface area contributed by atoms with Gasteiger partial charge in [-0.3, -0.25) is 13.0 Å². The number of hydrogen-bond donors (Lipinski definition) is 1. The summed E-state index contributed by atoms with van der Waals surface area (Å²) in [4.78, 5) is 0. The van der Waals surface area contributed by atoms with E-state index < -0.39 is 38.5 Å². The molecule has 0 bridgehead atoms. The summed E-state index contributed by atoms with van der Waals surface area (Å²) >= 11 is 0. The van der Waals surface area contributed by atoms with E-state index in [4.69, 9.17) is 22.1 Å². The first-order valence-electron chi connectivity index (χ1n) is 2.02.